The highest BCUT2D eigenvalue weighted by atomic mass is 35.5. The van der Waals surface area contributed by atoms with Crippen molar-refractivity contribution in [2.24, 2.45) is 5.41 Å². The number of hydrogen-bond acceptors (Lipinski definition) is 3. The Bertz CT molecular complexity index is 428. The molecule has 0 bridgehead atoms. The molecule has 0 spiro atoms. The number of piperidine rings is 2. The van der Waals surface area contributed by atoms with Crippen molar-refractivity contribution in [2.45, 2.75) is 65.0 Å². The zero-order valence-corrected chi connectivity index (χ0v) is 15.0. The second kappa shape index (κ2) is 7.59. The van der Waals surface area contributed by atoms with Gasteiger partial charge in [0.25, 0.3) is 10.2 Å². The molecule has 2 fully saturated rings. The lowest BCUT2D eigenvalue weighted by atomic mass is 9.78. The Hall–Kier alpha value is 0.120. The van der Waals surface area contributed by atoms with E-state index in [1.165, 1.54) is 6.42 Å². The van der Waals surface area contributed by atoms with Gasteiger partial charge >= 0.3 is 0 Å². The van der Waals surface area contributed by atoms with Crippen molar-refractivity contribution in [2.75, 3.05) is 19.6 Å². The van der Waals surface area contributed by atoms with Gasteiger partial charge in [-0.3, -0.25) is 0 Å². The Morgan fingerprint density at radius 3 is 2.62 bits per heavy atom. The molecule has 21 heavy (non-hydrogen) atoms. The van der Waals surface area contributed by atoms with Crippen LogP contribution in [-0.2, 0) is 10.2 Å². The third-order valence-corrected chi connectivity index (χ3v) is 6.54. The number of rotatable bonds is 4. The summed E-state index contributed by atoms with van der Waals surface area (Å²) in [5, 5.41) is 3.45. The molecule has 0 aromatic rings. The number of halogens is 1. The van der Waals surface area contributed by atoms with Crippen LogP contribution in [0.3, 0.4) is 0 Å². The maximum Gasteiger partial charge on any atom is 0.279 e. The molecule has 2 rings (SSSR count). The van der Waals surface area contributed by atoms with Gasteiger partial charge < -0.3 is 5.32 Å². The van der Waals surface area contributed by atoms with Gasteiger partial charge in [-0.1, -0.05) is 20.3 Å². The van der Waals surface area contributed by atoms with Crippen molar-refractivity contribution in [1.82, 2.24) is 14.3 Å². The Kier molecular flexibility index (Phi) is 6.93. The molecular weight excluding hydrogens is 310 g/mol. The highest BCUT2D eigenvalue weighted by molar-refractivity contribution is 7.87. The summed E-state index contributed by atoms with van der Waals surface area (Å²) in [7, 11) is -3.34. The lowest BCUT2D eigenvalue weighted by Crippen LogP contribution is -2.55. The fourth-order valence-corrected chi connectivity index (χ4v) is 4.81. The Balaban J connectivity index is 0.00000220. The third-order valence-electron chi connectivity index (χ3n) is 4.85. The van der Waals surface area contributed by atoms with E-state index in [4.69, 9.17) is 0 Å². The first kappa shape index (κ1) is 19.2. The number of nitrogens with one attached hydrogen (secondary N) is 2. The van der Waals surface area contributed by atoms with Gasteiger partial charge in [0.1, 0.15) is 0 Å². The van der Waals surface area contributed by atoms with Crippen LogP contribution in [0.25, 0.3) is 0 Å². The van der Waals surface area contributed by atoms with E-state index in [1.807, 2.05) is 6.92 Å². The van der Waals surface area contributed by atoms with Gasteiger partial charge in [-0.25, -0.2) is 4.72 Å². The van der Waals surface area contributed by atoms with Gasteiger partial charge in [0, 0.05) is 25.2 Å². The summed E-state index contributed by atoms with van der Waals surface area (Å²) in [6, 6.07) is 0.333. The maximum atomic E-state index is 12.4. The zero-order chi connectivity index (χ0) is 14.8. The van der Waals surface area contributed by atoms with E-state index in [0.717, 1.165) is 32.2 Å². The van der Waals surface area contributed by atoms with Gasteiger partial charge in [-0.05, 0) is 44.6 Å². The van der Waals surface area contributed by atoms with Crippen molar-refractivity contribution in [3.63, 3.8) is 0 Å². The van der Waals surface area contributed by atoms with Gasteiger partial charge in [0.05, 0.1) is 0 Å². The lowest BCUT2D eigenvalue weighted by molar-refractivity contribution is 0.180. The third kappa shape index (κ3) is 4.79. The van der Waals surface area contributed by atoms with Crippen LogP contribution in [0.4, 0.5) is 0 Å². The van der Waals surface area contributed by atoms with Crippen molar-refractivity contribution >= 4 is 22.6 Å². The molecule has 2 N–H and O–H groups in total. The van der Waals surface area contributed by atoms with Gasteiger partial charge in [-0.2, -0.15) is 12.7 Å². The van der Waals surface area contributed by atoms with Crippen LogP contribution in [0.1, 0.15) is 52.9 Å². The Morgan fingerprint density at radius 2 is 2.00 bits per heavy atom. The Labute approximate surface area is 135 Å². The molecule has 0 saturated carbocycles. The predicted octanol–water partition coefficient (Wildman–Crippen LogP) is 1.90. The van der Waals surface area contributed by atoms with Crippen LogP contribution in [0.5, 0.6) is 0 Å². The van der Waals surface area contributed by atoms with E-state index in [2.05, 4.69) is 23.9 Å². The van der Waals surface area contributed by atoms with Crippen LogP contribution in [-0.4, -0.2) is 44.4 Å². The molecule has 0 radical (unpaired) electrons. The van der Waals surface area contributed by atoms with E-state index in [9.17, 15) is 8.42 Å². The normalized spacial score (nSPS) is 30.6. The highest BCUT2D eigenvalue weighted by Crippen LogP contribution is 2.30. The second-order valence-corrected chi connectivity index (χ2v) is 8.62. The van der Waals surface area contributed by atoms with E-state index in [1.54, 1.807) is 4.31 Å². The highest BCUT2D eigenvalue weighted by Gasteiger charge is 2.34. The first-order chi connectivity index (χ1) is 9.33. The van der Waals surface area contributed by atoms with Crippen molar-refractivity contribution < 1.29 is 8.42 Å². The molecule has 2 aliphatic heterocycles. The molecule has 0 amide bonds. The molecule has 2 atom stereocenters. The van der Waals surface area contributed by atoms with Gasteiger partial charge in [0.2, 0.25) is 0 Å². The quantitative estimate of drug-likeness (QED) is 0.822. The predicted molar refractivity (Wildman–Crippen MR) is 89.0 cm³/mol. The largest absolute Gasteiger partial charge is 0.312 e. The minimum atomic E-state index is -3.34. The summed E-state index contributed by atoms with van der Waals surface area (Å²) in [4.78, 5) is 0. The molecule has 2 saturated heterocycles. The van der Waals surface area contributed by atoms with Crippen molar-refractivity contribution in [1.29, 1.82) is 0 Å². The molecular formula is C14H30ClN3O2S. The van der Waals surface area contributed by atoms with Crippen LogP contribution in [0, 0.1) is 5.41 Å². The second-order valence-electron chi connectivity index (χ2n) is 6.91. The zero-order valence-electron chi connectivity index (χ0n) is 13.4. The maximum absolute atomic E-state index is 12.4. The average Bonchev–Trinajstić information content (AvgIpc) is 2.37. The summed E-state index contributed by atoms with van der Waals surface area (Å²) in [6.45, 7) is 8.54. The first-order valence-corrected chi connectivity index (χ1v) is 9.27. The fraction of sp³-hybridized carbons (Fsp3) is 1.00. The van der Waals surface area contributed by atoms with E-state index >= 15 is 0 Å². The first-order valence-electron chi connectivity index (χ1n) is 7.83. The number of hydrogen-bond donors (Lipinski definition) is 2. The lowest BCUT2D eigenvalue weighted by Gasteiger charge is -2.40. The van der Waals surface area contributed by atoms with E-state index in [0.29, 0.717) is 13.1 Å². The summed E-state index contributed by atoms with van der Waals surface area (Å²) >= 11 is 0. The van der Waals surface area contributed by atoms with Gasteiger partial charge in [-0.15, -0.1) is 12.4 Å². The minimum Gasteiger partial charge on any atom is -0.312 e. The van der Waals surface area contributed by atoms with Crippen LogP contribution in [0.15, 0.2) is 0 Å². The Morgan fingerprint density at radius 1 is 1.29 bits per heavy atom. The molecule has 0 aromatic carbocycles. The summed E-state index contributed by atoms with van der Waals surface area (Å²) in [5.74, 6) is 0. The number of nitrogens with zero attached hydrogens (tertiary/aromatic N) is 1. The molecule has 2 unspecified atom stereocenters. The smallest absolute Gasteiger partial charge is 0.279 e. The average molecular weight is 340 g/mol. The monoisotopic (exact) mass is 339 g/mol. The van der Waals surface area contributed by atoms with Crippen LogP contribution < -0.4 is 10.0 Å². The molecule has 126 valence electrons. The van der Waals surface area contributed by atoms with E-state index < -0.39 is 10.2 Å². The molecule has 0 aromatic heterocycles. The summed E-state index contributed by atoms with van der Waals surface area (Å²) in [6.07, 6.45) is 5.38. The topological polar surface area (TPSA) is 61.4 Å². The summed E-state index contributed by atoms with van der Waals surface area (Å²) < 4.78 is 29.3. The van der Waals surface area contributed by atoms with Crippen molar-refractivity contribution in [3.05, 3.63) is 0 Å². The van der Waals surface area contributed by atoms with Gasteiger partial charge in [0.15, 0.2) is 0 Å². The fourth-order valence-electron chi connectivity index (χ4n) is 3.32. The molecule has 0 aliphatic carbocycles. The van der Waals surface area contributed by atoms with Crippen LogP contribution >= 0.6 is 12.4 Å². The SMILES string of the molecule is CC1CCCCN1S(=O)(=O)NCC1NCCCC1(C)C.Cl. The van der Waals surface area contributed by atoms with Crippen molar-refractivity contribution in [3.8, 4) is 0 Å². The molecule has 2 heterocycles. The molecule has 2 aliphatic rings. The molecule has 5 nitrogen and oxygen atoms in total. The van der Waals surface area contributed by atoms with Crippen LogP contribution in [0.2, 0.25) is 0 Å². The molecule has 7 heteroatoms. The van der Waals surface area contributed by atoms with E-state index in [-0.39, 0.29) is 29.9 Å². The summed E-state index contributed by atoms with van der Waals surface area (Å²) in [5.41, 5.74) is 0.147. The minimum absolute atomic E-state index is 0. The standard InChI is InChI=1S/C14H29N3O2S.ClH/c1-12-7-4-5-10-17(12)20(18,19)16-11-13-14(2,3)8-6-9-15-13;/h12-13,15-16H,4-11H2,1-3H3;1H.